The molecule has 0 spiro atoms. The highest BCUT2D eigenvalue weighted by Crippen LogP contribution is 2.44. The van der Waals surface area contributed by atoms with Gasteiger partial charge >= 0.3 is 0 Å². The summed E-state index contributed by atoms with van der Waals surface area (Å²) in [6, 6.07) is 15.1. The van der Waals surface area contributed by atoms with Crippen molar-refractivity contribution in [1.82, 2.24) is 0 Å². The summed E-state index contributed by atoms with van der Waals surface area (Å²) < 4.78 is 34.2. The van der Waals surface area contributed by atoms with E-state index >= 15 is 0 Å². The Morgan fingerprint density at radius 1 is 0.526 bits per heavy atom. The minimum absolute atomic E-state index is 0.0283. The first-order chi connectivity index (χ1) is 18.5. The van der Waals surface area contributed by atoms with Crippen LogP contribution in [0.5, 0.6) is 11.5 Å². The summed E-state index contributed by atoms with van der Waals surface area (Å²) in [5.41, 5.74) is 1.30. The normalized spacial score (nSPS) is 11.9. The van der Waals surface area contributed by atoms with E-state index in [-0.39, 0.29) is 5.41 Å². The summed E-state index contributed by atoms with van der Waals surface area (Å²) >= 11 is 0. The zero-order chi connectivity index (χ0) is 27.2. The Bertz CT molecular complexity index is 1100. The van der Waals surface area contributed by atoms with Crippen LogP contribution in [0.15, 0.2) is 42.5 Å². The minimum Gasteiger partial charge on any atom is -0.492 e. The average molecular weight is 527 g/mol. The molecule has 3 aromatic rings. The van der Waals surface area contributed by atoms with Crippen LogP contribution in [0.25, 0.3) is 21.5 Å². The van der Waals surface area contributed by atoms with Crippen molar-refractivity contribution in [2.75, 3.05) is 67.1 Å². The lowest BCUT2D eigenvalue weighted by atomic mass is 9.85. The maximum Gasteiger partial charge on any atom is 0.135 e. The van der Waals surface area contributed by atoms with E-state index in [1.807, 2.05) is 0 Å². The van der Waals surface area contributed by atoms with E-state index in [9.17, 15) is 0 Å². The van der Waals surface area contributed by atoms with Gasteiger partial charge in [0.25, 0.3) is 0 Å². The van der Waals surface area contributed by atoms with Gasteiger partial charge in [-0.2, -0.15) is 0 Å². The van der Waals surface area contributed by atoms with Crippen molar-refractivity contribution >= 4 is 21.5 Å². The average Bonchev–Trinajstić information content (AvgIpc) is 2.91. The van der Waals surface area contributed by atoms with Gasteiger partial charge in [-0.25, -0.2) is 0 Å². The molecule has 0 unspecified atom stereocenters. The summed E-state index contributed by atoms with van der Waals surface area (Å²) in [6.07, 6.45) is 3.74. The molecule has 3 aromatic carbocycles. The van der Waals surface area contributed by atoms with Crippen molar-refractivity contribution in [3.63, 3.8) is 0 Å². The molecule has 0 fully saturated rings. The fraction of sp³-hybridized carbons (Fsp3) is 0.562. The Kier molecular flexibility index (Phi) is 12.6. The molecule has 0 heterocycles. The first-order valence-electron chi connectivity index (χ1n) is 13.8. The SMILES string of the molecule is COCCOCCCCOc1c2ccccc2c(OCCCCOCCOC)c2cc(C(C)(C)C)ccc12. The van der Waals surface area contributed by atoms with Gasteiger partial charge in [0.1, 0.15) is 11.5 Å². The zero-order valence-corrected chi connectivity index (χ0v) is 24.0. The second-order valence-corrected chi connectivity index (χ2v) is 10.5. The smallest absolute Gasteiger partial charge is 0.135 e. The monoisotopic (exact) mass is 526 g/mol. The van der Waals surface area contributed by atoms with Crippen LogP contribution in [0.3, 0.4) is 0 Å². The van der Waals surface area contributed by atoms with Crippen molar-refractivity contribution in [1.29, 1.82) is 0 Å². The Balaban J connectivity index is 1.81. The number of hydrogen-bond donors (Lipinski definition) is 0. The van der Waals surface area contributed by atoms with Crippen LogP contribution in [0.2, 0.25) is 0 Å². The standard InChI is InChI=1S/C32H46O6/c1-32(2,3)25-14-15-28-29(24-25)31(38-19-11-9-17-36-23-21-34-5)27-13-7-6-12-26(27)30(28)37-18-10-8-16-35-22-20-33-4/h6-7,12-15,24H,8-11,16-23H2,1-5H3. The molecule has 6 heteroatoms. The molecular formula is C32H46O6. The molecule has 0 aromatic heterocycles. The summed E-state index contributed by atoms with van der Waals surface area (Å²) in [5, 5.41) is 4.36. The Hall–Kier alpha value is -2.38. The highest BCUT2D eigenvalue weighted by Gasteiger charge is 2.20. The second-order valence-electron chi connectivity index (χ2n) is 10.5. The summed E-state index contributed by atoms with van der Waals surface area (Å²) in [6.45, 7) is 11.9. The fourth-order valence-electron chi connectivity index (χ4n) is 4.33. The Morgan fingerprint density at radius 3 is 1.50 bits per heavy atom. The molecule has 0 amide bonds. The van der Waals surface area contributed by atoms with Gasteiger partial charge in [0.05, 0.1) is 39.6 Å². The number of unbranched alkanes of at least 4 members (excludes halogenated alkanes) is 2. The van der Waals surface area contributed by atoms with Gasteiger partial charge in [-0.15, -0.1) is 0 Å². The quantitative estimate of drug-likeness (QED) is 0.132. The molecule has 0 saturated carbocycles. The molecule has 0 aliphatic rings. The highest BCUT2D eigenvalue weighted by molar-refractivity contribution is 6.11. The molecule has 0 bridgehead atoms. The van der Waals surface area contributed by atoms with Crippen molar-refractivity contribution < 1.29 is 28.4 Å². The van der Waals surface area contributed by atoms with E-state index in [4.69, 9.17) is 28.4 Å². The van der Waals surface area contributed by atoms with Gasteiger partial charge in [-0.1, -0.05) is 57.2 Å². The van der Waals surface area contributed by atoms with E-state index < -0.39 is 0 Å². The molecule has 0 saturated heterocycles. The predicted molar refractivity (Wildman–Crippen MR) is 155 cm³/mol. The topological polar surface area (TPSA) is 55.4 Å². The van der Waals surface area contributed by atoms with Crippen molar-refractivity contribution in [2.45, 2.75) is 51.9 Å². The van der Waals surface area contributed by atoms with Crippen molar-refractivity contribution in [3.8, 4) is 11.5 Å². The summed E-state index contributed by atoms with van der Waals surface area (Å²) in [4.78, 5) is 0. The van der Waals surface area contributed by atoms with E-state index in [1.165, 1.54) is 5.56 Å². The Morgan fingerprint density at radius 2 is 1.00 bits per heavy atom. The van der Waals surface area contributed by atoms with E-state index in [0.717, 1.165) is 58.7 Å². The third kappa shape index (κ3) is 8.84. The molecule has 210 valence electrons. The highest BCUT2D eigenvalue weighted by atomic mass is 16.5. The summed E-state index contributed by atoms with van der Waals surface area (Å²) in [7, 11) is 3.38. The number of methoxy groups -OCH3 is 2. The maximum atomic E-state index is 6.51. The maximum absolute atomic E-state index is 6.51. The van der Waals surface area contributed by atoms with E-state index in [2.05, 4.69) is 63.2 Å². The fourth-order valence-corrected chi connectivity index (χ4v) is 4.33. The lowest BCUT2D eigenvalue weighted by Gasteiger charge is -2.22. The van der Waals surface area contributed by atoms with Gasteiger partial charge < -0.3 is 28.4 Å². The third-order valence-electron chi connectivity index (χ3n) is 6.51. The van der Waals surface area contributed by atoms with Crippen molar-refractivity contribution in [2.24, 2.45) is 0 Å². The van der Waals surface area contributed by atoms with Crippen LogP contribution in [0.1, 0.15) is 52.0 Å². The number of fused-ring (bicyclic) bond motifs is 2. The van der Waals surface area contributed by atoms with Gasteiger partial charge in [-0.05, 0) is 42.7 Å². The molecule has 38 heavy (non-hydrogen) atoms. The Labute approximate surface area is 228 Å². The van der Waals surface area contributed by atoms with Crippen LogP contribution in [-0.4, -0.2) is 67.1 Å². The minimum atomic E-state index is 0.0283. The molecule has 0 N–H and O–H groups in total. The second kappa shape index (κ2) is 15.9. The molecule has 0 aliphatic heterocycles. The van der Waals surface area contributed by atoms with Crippen LogP contribution < -0.4 is 9.47 Å². The summed E-state index contributed by atoms with van der Waals surface area (Å²) in [5.74, 6) is 1.86. The molecule has 0 atom stereocenters. The molecule has 0 radical (unpaired) electrons. The van der Waals surface area contributed by atoms with Crippen molar-refractivity contribution in [3.05, 3.63) is 48.0 Å². The van der Waals surface area contributed by atoms with Gasteiger partial charge in [-0.3, -0.25) is 0 Å². The largest absolute Gasteiger partial charge is 0.492 e. The molecule has 3 rings (SSSR count). The third-order valence-corrected chi connectivity index (χ3v) is 6.51. The van der Waals surface area contributed by atoms with Crippen LogP contribution in [0.4, 0.5) is 0 Å². The molecule has 6 nitrogen and oxygen atoms in total. The van der Waals surface area contributed by atoms with Gasteiger partial charge in [0, 0.05) is 49.0 Å². The number of benzene rings is 3. The first-order valence-corrected chi connectivity index (χ1v) is 13.8. The lowest BCUT2D eigenvalue weighted by molar-refractivity contribution is 0.0674. The molecular weight excluding hydrogens is 480 g/mol. The first kappa shape index (κ1) is 30.2. The van der Waals surface area contributed by atoms with Crippen LogP contribution in [-0.2, 0) is 24.4 Å². The predicted octanol–water partition coefficient (Wildman–Crippen LogP) is 6.93. The van der Waals surface area contributed by atoms with Crippen LogP contribution >= 0.6 is 0 Å². The zero-order valence-electron chi connectivity index (χ0n) is 24.0. The number of rotatable bonds is 18. The lowest BCUT2D eigenvalue weighted by Crippen LogP contribution is -2.11. The van der Waals surface area contributed by atoms with Gasteiger partial charge in [0.15, 0.2) is 0 Å². The molecule has 0 aliphatic carbocycles. The number of hydrogen-bond acceptors (Lipinski definition) is 6. The van der Waals surface area contributed by atoms with E-state index in [0.29, 0.717) is 52.9 Å². The van der Waals surface area contributed by atoms with Gasteiger partial charge in [0.2, 0.25) is 0 Å². The van der Waals surface area contributed by atoms with Crippen LogP contribution in [0, 0.1) is 0 Å². The number of ether oxygens (including phenoxy) is 6. The van der Waals surface area contributed by atoms with E-state index in [1.54, 1.807) is 14.2 Å².